The fraction of sp³-hybridized carbons (Fsp3) is 0.100. The Morgan fingerprint density at radius 2 is 2.24 bits per heavy atom. The van der Waals surface area contributed by atoms with Crippen LogP contribution in [0.4, 0.5) is 5.82 Å². The number of carbonyl (C=O) groups is 1. The Bertz CT molecular complexity index is 527. The lowest BCUT2D eigenvalue weighted by molar-refractivity contribution is 0.102. The number of ether oxygens (including phenoxy) is 1. The molecule has 0 radical (unpaired) electrons. The van der Waals surface area contributed by atoms with Crippen LogP contribution in [0.25, 0.3) is 0 Å². The van der Waals surface area contributed by atoms with Crippen molar-refractivity contribution in [3.8, 4) is 5.75 Å². The lowest BCUT2D eigenvalue weighted by Gasteiger charge is -2.03. The van der Waals surface area contributed by atoms with Crippen molar-refractivity contribution in [2.24, 2.45) is 0 Å². The summed E-state index contributed by atoms with van der Waals surface area (Å²) in [7, 11) is 1.51. The van der Waals surface area contributed by atoms with E-state index < -0.39 is 0 Å². The summed E-state index contributed by atoms with van der Waals surface area (Å²) in [6.07, 6.45) is 0. The average Bonchev–Trinajstić information content (AvgIpc) is 2.80. The number of carbonyl (C=O) groups excluding carboxylic acids is 1. The van der Waals surface area contributed by atoms with Gasteiger partial charge < -0.3 is 10.1 Å². The molecule has 0 saturated carbocycles. The van der Waals surface area contributed by atoms with Crippen LogP contribution in [0.15, 0.2) is 23.6 Å². The second-order valence-electron chi connectivity index (χ2n) is 3.01. The smallest absolute Gasteiger partial charge is 0.270 e. The van der Waals surface area contributed by atoms with Crippen molar-refractivity contribution in [2.45, 2.75) is 0 Å². The Labute approximate surface area is 106 Å². The number of amides is 1. The van der Waals surface area contributed by atoms with Gasteiger partial charge in [-0.05, 0) is 23.6 Å². The van der Waals surface area contributed by atoms with Gasteiger partial charge in [0.05, 0.1) is 7.11 Å². The Morgan fingerprint density at radius 1 is 1.41 bits per heavy atom. The van der Waals surface area contributed by atoms with Crippen molar-refractivity contribution in [1.29, 1.82) is 0 Å². The molecular formula is C10H8ClN3O2S. The van der Waals surface area contributed by atoms with Crippen LogP contribution >= 0.6 is 22.9 Å². The van der Waals surface area contributed by atoms with Gasteiger partial charge in [0.2, 0.25) is 0 Å². The van der Waals surface area contributed by atoms with Gasteiger partial charge in [-0.15, -0.1) is 21.5 Å². The number of hydrogen-bond donors (Lipinski definition) is 1. The number of rotatable bonds is 3. The lowest BCUT2D eigenvalue weighted by atomic mass is 10.4. The summed E-state index contributed by atoms with van der Waals surface area (Å²) in [5.41, 5.74) is 0. The number of thiophene rings is 1. The number of methoxy groups -OCH3 is 1. The highest BCUT2D eigenvalue weighted by atomic mass is 35.5. The monoisotopic (exact) mass is 269 g/mol. The second-order valence-corrected chi connectivity index (χ2v) is 4.32. The van der Waals surface area contributed by atoms with Gasteiger partial charge >= 0.3 is 0 Å². The first-order chi connectivity index (χ1) is 8.20. The summed E-state index contributed by atoms with van der Waals surface area (Å²) >= 11 is 6.88. The van der Waals surface area contributed by atoms with Gasteiger partial charge in [-0.25, -0.2) is 0 Å². The molecule has 0 atom stereocenters. The summed E-state index contributed by atoms with van der Waals surface area (Å²) < 4.78 is 5.06. The van der Waals surface area contributed by atoms with E-state index in [1.54, 1.807) is 23.6 Å². The molecule has 0 spiro atoms. The zero-order valence-electron chi connectivity index (χ0n) is 8.81. The van der Waals surface area contributed by atoms with E-state index in [1.165, 1.54) is 18.4 Å². The first kappa shape index (κ1) is 11.8. The molecule has 0 unspecified atom stereocenters. The molecule has 2 aromatic heterocycles. The van der Waals surface area contributed by atoms with Crippen molar-refractivity contribution < 1.29 is 9.53 Å². The topological polar surface area (TPSA) is 64.1 Å². The maximum Gasteiger partial charge on any atom is 0.270 e. The highest BCUT2D eigenvalue weighted by Gasteiger charge is 2.14. The molecular weight excluding hydrogens is 262 g/mol. The van der Waals surface area contributed by atoms with Crippen molar-refractivity contribution in [1.82, 2.24) is 10.2 Å². The van der Waals surface area contributed by atoms with Crippen LogP contribution in [0.3, 0.4) is 0 Å². The van der Waals surface area contributed by atoms with Gasteiger partial charge in [0.25, 0.3) is 5.91 Å². The van der Waals surface area contributed by atoms with Gasteiger partial charge in [0.15, 0.2) is 11.0 Å². The number of nitrogens with zero attached hydrogens (tertiary/aromatic N) is 2. The van der Waals surface area contributed by atoms with E-state index in [-0.39, 0.29) is 11.1 Å². The van der Waals surface area contributed by atoms with Gasteiger partial charge in [0.1, 0.15) is 10.6 Å². The Balaban J connectivity index is 2.14. The van der Waals surface area contributed by atoms with E-state index in [2.05, 4.69) is 15.5 Å². The number of hydrogen-bond acceptors (Lipinski definition) is 5. The molecule has 0 aromatic carbocycles. The fourth-order valence-electron chi connectivity index (χ4n) is 1.18. The molecule has 2 aromatic rings. The van der Waals surface area contributed by atoms with Crippen molar-refractivity contribution in [2.75, 3.05) is 12.4 Å². The van der Waals surface area contributed by atoms with Crippen molar-refractivity contribution in [3.63, 3.8) is 0 Å². The average molecular weight is 270 g/mol. The molecule has 88 valence electrons. The highest BCUT2D eigenvalue weighted by Crippen LogP contribution is 2.25. The molecule has 0 aliphatic heterocycles. The number of halogens is 1. The Hall–Kier alpha value is -1.66. The molecule has 2 rings (SSSR count). The number of anilines is 1. The minimum Gasteiger partial charge on any atom is -0.495 e. The van der Waals surface area contributed by atoms with Crippen LogP contribution in [0.1, 0.15) is 9.67 Å². The zero-order chi connectivity index (χ0) is 12.3. The second kappa shape index (κ2) is 5.11. The Kier molecular flexibility index (Phi) is 3.55. The molecule has 5 nitrogen and oxygen atoms in total. The molecule has 0 aliphatic carbocycles. The molecule has 1 N–H and O–H groups in total. The van der Waals surface area contributed by atoms with Gasteiger partial charge in [-0.2, -0.15) is 0 Å². The largest absolute Gasteiger partial charge is 0.495 e. The van der Waals surface area contributed by atoms with Crippen LogP contribution in [-0.2, 0) is 0 Å². The standard InChI is InChI=1S/C10H8ClN3O2S/c1-16-6-4-5-17-9(6)10(15)12-8-3-2-7(11)13-14-8/h2-5H,1H3,(H,12,14,15). The first-order valence-electron chi connectivity index (χ1n) is 4.63. The summed E-state index contributed by atoms with van der Waals surface area (Å²) in [4.78, 5) is 12.3. The fourth-order valence-corrected chi connectivity index (χ4v) is 2.03. The van der Waals surface area contributed by atoms with E-state index in [0.29, 0.717) is 16.4 Å². The number of aromatic nitrogens is 2. The van der Waals surface area contributed by atoms with Crippen LogP contribution < -0.4 is 10.1 Å². The summed E-state index contributed by atoms with van der Waals surface area (Å²) in [6.45, 7) is 0. The number of nitrogens with one attached hydrogen (secondary N) is 1. The summed E-state index contributed by atoms with van der Waals surface area (Å²) in [5, 5.41) is 12.0. The van der Waals surface area contributed by atoms with E-state index in [0.717, 1.165) is 0 Å². The first-order valence-corrected chi connectivity index (χ1v) is 5.88. The normalized spacial score (nSPS) is 10.0. The van der Waals surface area contributed by atoms with E-state index >= 15 is 0 Å². The molecule has 0 bridgehead atoms. The van der Waals surface area contributed by atoms with E-state index in [4.69, 9.17) is 16.3 Å². The third-order valence-electron chi connectivity index (χ3n) is 1.93. The maximum absolute atomic E-state index is 11.9. The third kappa shape index (κ3) is 2.72. The molecule has 17 heavy (non-hydrogen) atoms. The van der Waals surface area contributed by atoms with Gasteiger partial charge in [0, 0.05) is 0 Å². The van der Waals surface area contributed by atoms with Crippen LogP contribution in [0, 0.1) is 0 Å². The van der Waals surface area contributed by atoms with Gasteiger partial charge in [-0.3, -0.25) is 4.79 Å². The molecule has 2 heterocycles. The predicted octanol–water partition coefficient (Wildman–Crippen LogP) is 2.45. The molecule has 0 aliphatic rings. The van der Waals surface area contributed by atoms with Crippen LogP contribution in [0.5, 0.6) is 5.75 Å². The van der Waals surface area contributed by atoms with E-state index in [9.17, 15) is 4.79 Å². The van der Waals surface area contributed by atoms with Crippen LogP contribution in [-0.4, -0.2) is 23.2 Å². The highest BCUT2D eigenvalue weighted by molar-refractivity contribution is 7.12. The van der Waals surface area contributed by atoms with Crippen LogP contribution in [0.2, 0.25) is 5.15 Å². The minimum atomic E-state index is -0.284. The lowest BCUT2D eigenvalue weighted by Crippen LogP contribution is -2.12. The minimum absolute atomic E-state index is 0.275. The summed E-state index contributed by atoms with van der Waals surface area (Å²) in [6, 6.07) is 4.86. The Morgan fingerprint density at radius 3 is 2.88 bits per heavy atom. The van der Waals surface area contributed by atoms with Crippen molar-refractivity contribution in [3.05, 3.63) is 33.6 Å². The molecule has 7 heteroatoms. The zero-order valence-corrected chi connectivity index (χ0v) is 10.4. The maximum atomic E-state index is 11.9. The van der Waals surface area contributed by atoms with Gasteiger partial charge in [-0.1, -0.05) is 11.6 Å². The molecule has 1 amide bonds. The summed E-state index contributed by atoms with van der Waals surface area (Å²) in [5.74, 6) is 0.595. The van der Waals surface area contributed by atoms with Crippen molar-refractivity contribution >= 4 is 34.7 Å². The third-order valence-corrected chi connectivity index (χ3v) is 3.02. The van der Waals surface area contributed by atoms with E-state index in [1.807, 2.05) is 0 Å². The molecule has 0 fully saturated rings. The SMILES string of the molecule is COc1ccsc1C(=O)Nc1ccc(Cl)nn1. The quantitative estimate of drug-likeness (QED) is 0.930. The predicted molar refractivity (Wildman–Crippen MR) is 65.9 cm³/mol. The molecule has 0 saturated heterocycles.